The largest absolute Gasteiger partial charge is 0.314 e. The monoisotopic (exact) mass is 277 g/mol. The van der Waals surface area contributed by atoms with E-state index in [9.17, 15) is 8.42 Å². The Kier molecular flexibility index (Phi) is 6.55. The van der Waals surface area contributed by atoms with Gasteiger partial charge in [0.05, 0.1) is 5.75 Å². The highest BCUT2D eigenvalue weighted by Gasteiger charge is 2.24. The van der Waals surface area contributed by atoms with Gasteiger partial charge in [-0.2, -0.15) is 4.31 Å². The molecule has 0 amide bonds. The smallest absolute Gasteiger partial charge is 0.215 e. The van der Waals surface area contributed by atoms with E-state index in [1.165, 1.54) is 0 Å². The Morgan fingerprint density at radius 3 is 2.39 bits per heavy atom. The number of rotatable bonds is 7. The van der Waals surface area contributed by atoms with E-state index in [2.05, 4.69) is 10.2 Å². The van der Waals surface area contributed by atoms with Crippen LogP contribution in [-0.2, 0) is 10.0 Å². The highest BCUT2D eigenvalue weighted by atomic mass is 32.2. The quantitative estimate of drug-likeness (QED) is 0.729. The number of sulfonamides is 1. The first-order chi connectivity index (χ1) is 8.47. The second kappa shape index (κ2) is 7.43. The van der Waals surface area contributed by atoms with E-state index in [0.717, 1.165) is 32.6 Å². The SMILES string of the molecule is CCCN(C(C)C)S(=O)(=O)CCN1CCNCC1. The summed E-state index contributed by atoms with van der Waals surface area (Å²) in [5.41, 5.74) is 0. The first-order valence-corrected chi connectivity index (χ1v) is 8.51. The van der Waals surface area contributed by atoms with Crippen molar-refractivity contribution in [2.45, 2.75) is 33.2 Å². The molecular formula is C12H27N3O2S. The number of hydrogen-bond donors (Lipinski definition) is 1. The molecule has 1 aliphatic rings. The zero-order chi connectivity index (χ0) is 13.6. The summed E-state index contributed by atoms with van der Waals surface area (Å²) in [5, 5.41) is 3.27. The van der Waals surface area contributed by atoms with Crippen LogP contribution in [0.3, 0.4) is 0 Å². The molecule has 1 rings (SSSR count). The van der Waals surface area contributed by atoms with Gasteiger partial charge >= 0.3 is 0 Å². The lowest BCUT2D eigenvalue weighted by molar-refractivity contribution is 0.251. The van der Waals surface area contributed by atoms with E-state index in [-0.39, 0.29) is 11.8 Å². The topological polar surface area (TPSA) is 52.7 Å². The van der Waals surface area contributed by atoms with Crippen molar-refractivity contribution in [3.8, 4) is 0 Å². The van der Waals surface area contributed by atoms with Crippen LogP contribution in [0.15, 0.2) is 0 Å². The van der Waals surface area contributed by atoms with Gasteiger partial charge in [-0.05, 0) is 20.3 Å². The highest BCUT2D eigenvalue weighted by Crippen LogP contribution is 2.09. The summed E-state index contributed by atoms with van der Waals surface area (Å²) < 4.78 is 26.2. The van der Waals surface area contributed by atoms with Crippen molar-refractivity contribution in [1.29, 1.82) is 0 Å². The zero-order valence-electron chi connectivity index (χ0n) is 11.9. The fourth-order valence-corrected chi connectivity index (χ4v) is 4.06. The molecule has 0 aromatic carbocycles. The Bertz CT molecular complexity index is 324. The number of nitrogens with one attached hydrogen (secondary N) is 1. The van der Waals surface area contributed by atoms with Gasteiger partial charge < -0.3 is 5.32 Å². The summed E-state index contributed by atoms with van der Waals surface area (Å²) in [7, 11) is -3.11. The minimum Gasteiger partial charge on any atom is -0.314 e. The first kappa shape index (κ1) is 15.9. The summed E-state index contributed by atoms with van der Waals surface area (Å²) in [6.07, 6.45) is 0.866. The molecule has 1 fully saturated rings. The van der Waals surface area contributed by atoms with Crippen LogP contribution >= 0.6 is 0 Å². The lowest BCUT2D eigenvalue weighted by Gasteiger charge is -2.29. The van der Waals surface area contributed by atoms with Gasteiger partial charge in [-0.3, -0.25) is 4.90 Å². The third kappa shape index (κ3) is 4.84. The number of piperazine rings is 1. The fraction of sp³-hybridized carbons (Fsp3) is 1.00. The predicted octanol–water partition coefficient (Wildman–Crippen LogP) is 0.342. The molecule has 0 aromatic rings. The van der Waals surface area contributed by atoms with Crippen molar-refractivity contribution in [2.75, 3.05) is 45.0 Å². The maximum atomic E-state index is 12.3. The van der Waals surface area contributed by atoms with Crippen LogP contribution in [0.5, 0.6) is 0 Å². The van der Waals surface area contributed by atoms with E-state index < -0.39 is 10.0 Å². The Morgan fingerprint density at radius 2 is 1.89 bits per heavy atom. The van der Waals surface area contributed by atoms with Crippen LogP contribution in [-0.4, -0.2) is 68.7 Å². The Labute approximate surface area is 112 Å². The van der Waals surface area contributed by atoms with Crippen LogP contribution < -0.4 is 5.32 Å². The molecule has 0 aliphatic carbocycles. The molecular weight excluding hydrogens is 250 g/mol. The molecule has 6 heteroatoms. The highest BCUT2D eigenvalue weighted by molar-refractivity contribution is 7.89. The zero-order valence-corrected chi connectivity index (χ0v) is 12.7. The molecule has 0 unspecified atom stereocenters. The molecule has 108 valence electrons. The van der Waals surface area contributed by atoms with Crippen LogP contribution in [0.4, 0.5) is 0 Å². The van der Waals surface area contributed by atoms with Gasteiger partial charge in [0.15, 0.2) is 0 Å². The van der Waals surface area contributed by atoms with E-state index in [1.807, 2.05) is 20.8 Å². The maximum absolute atomic E-state index is 12.3. The van der Waals surface area contributed by atoms with Gasteiger partial charge in [0, 0.05) is 45.3 Å². The summed E-state index contributed by atoms with van der Waals surface area (Å²) in [6.45, 7) is 11.0. The third-order valence-electron chi connectivity index (χ3n) is 3.25. The van der Waals surface area contributed by atoms with Crippen LogP contribution in [0.2, 0.25) is 0 Å². The van der Waals surface area contributed by atoms with Gasteiger partial charge in [0.1, 0.15) is 0 Å². The molecule has 18 heavy (non-hydrogen) atoms. The average Bonchev–Trinajstić information content (AvgIpc) is 2.34. The molecule has 0 aromatic heterocycles. The molecule has 5 nitrogen and oxygen atoms in total. The molecule has 1 heterocycles. The van der Waals surface area contributed by atoms with Gasteiger partial charge in [-0.1, -0.05) is 6.92 Å². The summed E-state index contributed by atoms with van der Waals surface area (Å²) >= 11 is 0. The Morgan fingerprint density at radius 1 is 1.28 bits per heavy atom. The van der Waals surface area contributed by atoms with Gasteiger partial charge in [0.25, 0.3) is 0 Å². The van der Waals surface area contributed by atoms with Crippen molar-refractivity contribution in [2.24, 2.45) is 0 Å². The van der Waals surface area contributed by atoms with Gasteiger partial charge in [-0.15, -0.1) is 0 Å². The van der Waals surface area contributed by atoms with Crippen molar-refractivity contribution >= 4 is 10.0 Å². The molecule has 0 atom stereocenters. The minimum atomic E-state index is -3.11. The summed E-state index contributed by atoms with van der Waals surface area (Å²) in [6, 6.07) is 0.0537. The predicted molar refractivity (Wildman–Crippen MR) is 75.2 cm³/mol. The lowest BCUT2D eigenvalue weighted by Crippen LogP contribution is -2.47. The molecule has 1 N–H and O–H groups in total. The van der Waals surface area contributed by atoms with Crippen molar-refractivity contribution in [1.82, 2.24) is 14.5 Å². The minimum absolute atomic E-state index is 0.0537. The molecule has 0 spiro atoms. The van der Waals surface area contributed by atoms with Crippen LogP contribution in [0, 0.1) is 0 Å². The van der Waals surface area contributed by atoms with Crippen molar-refractivity contribution in [3.63, 3.8) is 0 Å². The lowest BCUT2D eigenvalue weighted by atomic mass is 10.4. The molecule has 1 aliphatic heterocycles. The Balaban J connectivity index is 2.50. The van der Waals surface area contributed by atoms with E-state index in [1.54, 1.807) is 4.31 Å². The van der Waals surface area contributed by atoms with Crippen LogP contribution in [0.25, 0.3) is 0 Å². The molecule has 0 saturated carbocycles. The molecule has 0 bridgehead atoms. The molecule has 1 saturated heterocycles. The molecule has 0 radical (unpaired) electrons. The van der Waals surface area contributed by atoms with Crippen molar-refractivity contribution in [3.05, 3.63) is 0 Å². The standard InChI is InChI=1S/C12H27N3O2S/c1-4-7-15(12(2)3)18(16,17)11-10-14-8-5-13-6-9-14/h12-13H,4-11H2,1-3H3. The Hall–Kier alpha value is -0.170. The summed E-state index contributed by atoms with van der Waals surface area (Å²) in [5.74, 6) is 0.241. The first-order valence-electron chi connectivity index (χ1n) is 6.90. The maximum Gasteiger partial charge on any atom is 0.215 e. The van der Waals surface area contributed by atoms with Gasteiger partial charge in [0.2, 0.25) is 10.0 Å². The second-order valence-corrected chi connectivity index (χ2v) is 7.15. The fourth-order valence-electron chi connectivity index (χ4n) is 2.24. The van der Waals surface area contributed by atoms with Gasteiger partial charge in [-0.25, -0.2) is 8.42 Å². The van der Waals surface area contributed by atoms with Crippen LogP contribution in [0.1, 0.15) is 27.2 Å². The number of hydrogen-bond acceptors (Lipinski definition) is 4. The normalized spacial score (nSPS) is 18.7. The van der Waals surface area contributed by atoms with E-state index >= 15 is 0 Å². The number of nitrogens with zero attached hydrogens (tertiary/aromatic N) is 2. The summed E-state index contributed by atoms with van der Waals surface area (Å²) in [4.78, 5) is 2.22. The van der Waals surface area contributed by atoms with E-state index in [4.69, 9.17) is 0 Å². The second-order valence-electron chi connectivity index (χ2n) is 5.11. The van der Waals surface area contributed by atoms with Crippen molar-refractivity contribution < 1.29 is 8.42 Å². The van der Waals surface area contributed by atoms with E-state index in [0.29, 0.717) is 13.1 Å². The average molecular weight is 277 g/mol. The third-order valence-corrected chi connectivity index (χ3v) is 5.27.